The van der Waals surface area contributed by atoms with Crippen LogP contribution in [0.3, 0.4) is 0 Å². The molecule has 0 bridgehead atoms. The van der Waals surface area contributed by atoms with Gasteiger partial charge in [-0.05, 0) is 12.1 Å². The first-order valence-corrected chi connectivity index (χ1v) is 5.57. The molecule has 102 valence electrons. The Morgan fingerprint density at radius 2 is 1.44 bits per heavy atom. The van der Waals surface area contributed by atoms with Crippen LogP contribution < -0.4 is 4.74 Å². The highest BCUT2D eigenvalue weighted by Crippen LogP contribution is 2.11. The van der Waals surface area contributed by atoms with Gasteiger partial charge in [0, 0.05) is 0 Å². The van der Waals surface area contributed by atoms with Gasteiger partial charge in [0.25, 0.3) is 0 Å². The Balaban J connectivity index is 2.42. The van der Waals surface area contributed by atoms with Crippen LogP contribution in [0.4, 0.5) is 0 Å². The average Bonchev–Trinajstić information content (AvgIpc) is 2.43. The Kier molecular flexibility index (Phi) is 6.03. The van der Waals surface area contributed by atoms with Crippen LogP contribution in [0.2, 0.25) is 0 Å². The number of rotatable bonds is 7. The molecule has 0 amide bonds. The molecule has 6 heteroatoms. The summed E-state index contributed by atoms with van der Waals surface area (Å²) in [4.78, 5) is 0. The lowest BCUT2D eigenvalue weighted by Crippen LogP contribution is -2.47. The number of ether oxygens (including phenoxy) is 1. The Hall–Kier alpha value is -1.18. The fourth-order valence-corrected chi connectivity index (χ4v) is 1.36. The van der Waals surface area contributed by atoms with E-state index in [0.717, 1.165) is 0 Å². The van der Waals surface area contributed by atoms with Gasteiger partial charge in [-0.3, -0.25) is 0 Å². The lowest BCUT2D eigenvalue weighted by Gasteiger charge is -2.25. The third kappa shape index (κ3) is 4.25. The van der Waals surface area contributed by atoms with E-state index in [-0.39, 0.29) is 6.61 Å². The van der Waals surface area contributed by atoms with Gasteiger partial charge < -0.3 is 30.3 Å². The third-order valence-electron chi connectivity index (χ3n) is 2.49. The van der Waals surface area contributed by atoms with E-state index in [9.17, 15) is 15.3 Å². The number of hydrogen-bond donors (Lipinski definition) is 5. The van der Waals surface area contributed by atoms with Gasteiger partial charge in [-0.15, -0.1) is 0 Å². The fraction of sp³-hybridized carbons (Fsp3) is 0.500. The molecule has 0 aliphatic rings. The van der Waals surface area contributed by atoms with E-state index < -0.39 is 31.0 Å². The highest BCUT2D eigenvalue weighted by molar-refractivity contribution is 5.20. The van der Waals surface area contributed by atoms with Crippen LogP contribution >= 0.6 is 0 Å². The summed E-state index contributed by atoms with van der Waals surface area (Å²) in [6.45, 7) is -0.940. The molecule has 0 heterocycles. The van der Waals surface area contributed by atoms with Crippen molar-refractivity contribution in [1.29, 1.82) is 0 Å². The number of aliphatic hydroxyl groups excluding tert-OH is 5. The normalized spacial score (nSPS) is 17.8. The lowest BCUT2D eigenvalue weighted by atomic mass is 10.0. The minimum absolute atomic E-state index is 0.236. The summed E-state index contributed by atoms with van der Waals surface area (Å²) in [6, 6.07) is 8.67. The summed E-state index contributed by atoms with van der Waals surface area (Å²) < 4.78 is 5.19. The molecule has 4 atom stereocenters. The fourth-order valence-electron chi connectivity index (χ4n) is 1.36. The van der Waals surface area contributed by atoms with Crippen molar-refractivity contribution < 1.29 is 30.3 Å². The van der Waals surface area contributed by atoms with Crippen LogP contribution in [0, 0.1) is 0 Å². The van der Waals surface area contributed by atoms with Crippen molar-refractivity contribution in [2.75, 3.05) is 13.2 Å². The zero-order valence-electron chi connectivity index (χ0n) is 9.75. The van der Waals surface area contributed by atoms with Crippen LogP contribution in [-0.2, 0) is 0 Å². The number of benzene rings is 1. The van der Waals surface area contributed by atoms with Crippen LogP contribution in [0.25, 0.3) is 0 Å². The van der Waals surface area contributed by atoms with Gasteiger partial charge in [-0.25, -0.2) is 0 Å². The zero-order chi connectivity index (χ0) is 13.5. The molecule has 0 saturated heterocycles. The predicted octanol–water partition coefficient (Wildman–Crippen LogP) is -1.50. The number of hydrogen-bond acceptors (Lipinski definition) is 6. The lowest BCUT2D eigenvalue weighted by molar-refractivity contribution is -0.121. The Morgan fingerprint density at radius 1 is 0.889 bits per heavy atom. The van der Waals surface area contributed by atoms with Crippen LogP contribution in [0.15, 0.2) is 30.3 Å². The maximum Gasteiger partial charge on any atom is 0.119 e. The zero-order valence-corrected chi connectivity index (χ0v) is 9.75. The molecule has 0 aliphatic carbocycles. The van der Waals surface area contributed by atoms with Gasteiger partial charge in [0.1, 0.15) is 36.8 Å². The van der Waals surface area contributed by atoms with E-state index >= 15 is 0 Å². The van der Waals surface area contributed by atoms with Crippen molar-refractivity contribution in [3.05, 3.63) is 30.3 Å². The molecule has 5 N–H and O–H groups in total. The first kappa shape index (κ1) is 14.9. The van der Waals surface area contributed by atoms with Crippen molar-refractivity contribution in [1.82, 2.24) is 0 Å². The molecule has 1 aromatic rings. The van der Waals surface area contributed by atoms with Crippen LogP contribution in [0.5, 0.6) is 5.75 Å². The third-order valence-corrected chi connectivity index (χ3v) is 2.49. The SMILES string of the molecule is OC[C@@H](O)[C@@H](O)[C@H](O)[C@H](O)COc1ccccc1. The standard InChI is InChI=1S/C12H18O6/c13-6-9(14)11(16)12(17)10(15)7-18-8-4-2-1-3-5-8/h1-5,9-17H,6-7H2/t9-,10-,11-,12-/m1/s1. The molecule has 0 spiro atoms. The van der Waals surface area contributed by atoms with Crippen molar-refractivity contribution in [2.45, 2.75) is 24.4 Å². The molecule has 1 rings (SSSR count). The van der Waals surface area contributed by atoms with Gasteiger partial charge in [-0.2, -0.15) is 0 Å². The summed E-state index contributed by atoms with van der Waals surface area (Å²) in [7, 11) is 0. The molecule has 18 heavy (non-hydrogen) atoms. The second-order valence-electron chi connectivity index (χ2n) is 3.92. The van der Waals surface area contributed by atoms with Crippen molar-refractivity contribution >= 4 is 0 Å². The molecule has 0 aromatic heterocycles. The van der Waals surface area contributed by atoms with Crippen molar-refractivity contribution in [3.63, 3.8) is 0 Å². The van der Waals surface area contributed by atoms with Gasteiger partial charge >= 0.3 is 0 Å². The van der Waals surface area contributed by atoms with E-state index in [1.54, 1.807) is 30.3 Å². The van der Waals surface area contributed by atoms with E-state index in [4.69, 9.17) is 14.9 Å². The van der Waals surface area contributed by atoms with Gasteiger partial charge in [0.05, 0.1) is 6.61 Å². The molecule has 0 fully saturated rings. The van der Waals surface area contributed by atoms with E-state index in [0.29, 0.717) is 5.75 Å². The van der Waals surface area contributed by atoms with E-state index in [2.05, 4.69) is 0 Å². The first-order chi connectivity index (χ1) is 8.56. The quantitative estimate of drug-likeness (QED) is 0.407. The molecule has 6 nitrogen and oxygen atoms in total. The predicted molar refractivity (Wildman–Crippen MR) is 63.1 cm³/mol. The summed E-state index contributed by atoms with van der Waals surface area (Å²) in [5, 5.41) is 46.2. The highest BCUT2D eigenvalue weighted by atomic mass is 16.5. The summed E-state index contributed by atoms with van der Waals surface area (Å²) in [5.74, 6) is 0.515. The maximum absolute atomic E-state index is 9.57. The van der Waals surface area contributed by atoms with Crippen molar-refractivity contribution in [3.8, 4) is 5.75 Å². The Labute approximate surface area is 105 Å². The molecular weight excluding hydrogens is 240 g/mol. The van der Waals surface area contributed by atoms with Crippen molar-refractivity contribution in [2.24, 2.45) is 0 Å². The topological polar surface area (TPSA) is 110 Å². The first-order valence-electron chi connectivity index (χ1n) is 5.57. The summed E-state index contributed by atoms with van der Waals surface area (Å²) >= 11 is 0. The average molecular weight is 258 g/mol. The summed E-state index contributed by atoms with van der Waals surface area (Å²) in [6.07, 6.45) is -6.12. The van der Waals surface area contributed by atoms with Crippen LogP contribution in [-0.4, -0.2) is 63.2 Å². The minimum Gasteiger partial charge on any atom is -0.491 e. The largest absolute Gasteiger partial charge is 0.491 e. The highest BCUT2D eigenvalue weighted by Gasteiger charge is 2.30. The number of aliphatic hydroxyl groups is 5. The van der Waals surface area contributed by atoms with Gasteiger partial charge in [-0.1, -0.05) is 18.2 Å². The van der Waals surface area contributed by atoms with E-state index in [1.165, 1.54) is 0 Å². The van der Waals surface area contributed by atoms with Gasteiger partial charge in [0.15, 0.2) is 0 Å². The smallest absolute Gasteiger partial charge is 0.119 e. The summed E-state index contributed by atoms with van der Waals surface area (Å²) in [5.41, 5.74) is 0. The minimum atomic E-state index is -1.63. The van der Waals surface area contributed by atoms with Crippen LogP contribution in [0.1, 0.15) is 0 Å². The molecule has 1 aromatic carbocycles. The molecule has 0 saturated carbocycles. The molecule has 0 aliphatic heterocycles. The monoisotopic (exact) mass is 258 g/mol. The molecule has 0 unspecified atom stereocenters. The van der Waals surface area contributed by atoms with E-state index in [1.807, 2.05) is 0 Å². The Morgan fingerprint density at radius 3 is 2.00 bits per heavy atom. The maximum atomic E-state index is 9.57. The van der Waals surface area contributed by atoms with Gasteiger partial charge in [0.2, 0.25) is 0 Å². The second kappa shape index (κ2) is 7.30. The molecule has 0 radical (unpaired) electrons. The molecular formula is C12H18O6. The Bertz CT molecular complexity index is 331. The second-order valence-corrected chi connectivity index (χ2v) is 3.92. The number of para-hydroxylation sites is 1.